The number of ketones is 1. The van der Waals surface area contributed by atoms with Gasteiger partial charge in [-0.2, -0.15) is 0 Å². The Morgan fingerprint density at radius 3 is 2.68 bits per heavy atom. The zero-order chi connectivity index (χ0) is 15.9. The third kappa shape index (κ3) is 2.56. The molecule has 0 aliphatic carbocycles. The van der Waals surface area contributed by atoms with Crippen LogP contribution in [0.4, 0.5) is 0 Å². The summed E-state index contributed by atoms with van der Waals surface area (Å²) in [6.07, 6.45) is 3.49. The molecule has 0 bridgehead atoms. The van der Waals surface area contributed by atoms with E-state index in [1.54, 1.807) is 4.90 Å². The van der Waals surface area contributed by atoms with Crippen LogP contribution in [0.1, 0.15) is 41.5 Å². The van der Waals surface area contributed by atoms with Crippen LogP contribution in [0.2, 0.25) is 0 Å². The third-order valence-electron chi connectivity index (χ3n) is 4.09. The van der Waals surface area contributed by atoms with Crippen molar-refractivity contribution in [3.8, 4) is 0 Å². The Balaban J connectivity index is 2.08. The van der Waals surface area contributed by atoms with E-state index in [-0.39, 0.29) is 11.7 Å². The number of fused-ring (bicyclic) bond motifs is 1. The first-order valence-corrected chi connectivity index (χ1v) is 8.28. The van der Waals surface area contributed by atoms with Gasteiger partial charge in [0.25, 0.3) is 5.91 Å². The summed E-state index contributed by atoms with van der Waals surface area (Å²) < 4.78 is 2.79. The molecule has 2 aromatic heterocycles. The molecule has 0 unspecified atom stereocenters. The van der Waals surface area contributed by atoms with Crippen LogP contribution in [-0.4, -0.2) is 39.1 Å². The molecule has 0 spiro atoms. The van der Waals surface area contributed by atoms with Gasteiger partial charge in [0.1, 0.15) is 17.1 Å². The number of piperidine rings is 1. The quantitative estimate of drug-likeness (QED) is 0.824. The van der Waals surface area contributed by atoms with Crippen LogP contribution < -0.4 is 0 Å². The second-order valence-corrected chi connectivity index (χ2v) is 6.54. The SMILES string of the molecule is CCc1nc2c(C)cc(Br)cn2c1C(=O)N1CCC(=O)CC1. The summed E-state index contributed by atoms with van der Waals surface area (Å²) in [5.74, 6) is 0.200. The van der Waals surface area contributed by atoms with E-state index in [0.717, 1.165) is 21.4 Å². The number of aryl methyl sites for hydroxylation is 2. The molecule has 0 saturated carbocycles. The van der Waals surface area contributed by atoms with Gasteiger partial charge in [-0.25, -0.2) is 4.98 Å². The van der Waals surface area contributed by atoms with E-state index in [1.165, 1.54) is 0 Å². The lowest BCUT2D eigenvalue weighted by atomic mass is 10.1. The predicted molar refractivity (Wildman–Crippen MR) is 87.2 cm³/mol. The molecule has 1 saturated heterocycles. The van der Waals surface area contributed by atoms with Crippen LogP contribution in [0.5, 0.6) is 0 Å². The fourth-order valence-electron chi connectivity index (χ4n) is 2.90. The minimum absolute atomic E-state index is 0.0330. The highest BCUT2D eigenvalue weighted by molar-refractivity contribution is 9.10. The van der Waals surface area contributed by atoms with Crippen molar-refractivity contribution in [2.24, 2.45) is 0 Å². The first-order valence-electron chi connectivity index (χ1n) is 7.49. The summed E-state index contributed by atoms with van der Waals surface area (Å²) in [6.45, 7) is 4.99. The second kappa shape index (κ2) is 5.83. The lowest BCUT2D eigenvalue weighted by Gasteiger charge is -2.26. The smallest absolute Gasteiger partial charge is 0.272 e. The highest BCUT2D eigenvalue weighted by Crippen LogP contribution is 2.23. The zero-order valence-electron chi connectivity index (χ0n) is 12.7. The van der Waals surface area contributed by atoms with Gasteiger partial charge in [0.05, 0.1) is 5.69 Å². The number of nitrogens with zero attached hydrogens (tertiary/aromatic N) is 3. The number of carbonyl (C=O) groups is 2. The highest BCUT2D eigenvalue weighted by atomic mass is 79.9. The van der Waals surface area contributed by atoms with E-state index >= 15 is 0 Å². The Hall–Kier alpha value is -1.69. The van der Waals surface area contributed by atoms with Crippen molar-refractivity contribution < 1.29 is 9.59 Å². The molecule has 0 radical (unpaired) electrons. The van der Waals surface area contributed by atoms with Gasteiger partial charge in [-0.3, -0.25) is 14.0 Å². The van der Waals surface area contributed by atoms with Gasteiger partial charge in [-0.05, 0) is 40.9 Å². The standard InChI is InChI=1S/C16H18BrN3O2/c1-3-13-14(16(22)19-6-4-12(21)5-7-19)20-9-11(17)8-10(2)15(20)18-13/h8-9H,3-7H2,1-2H3. The Morgan fingerprint density at radius 2 is 2.05 bits per heavy atom. The number of aromatic nitrogens is 2. The Morgan fingerprint density at radius 1 is 1.36 bits per heavy atom. The third-order valence-corrected chi connectivity index (χ3v) is 4.52. The van der Waals surface area contributed by atoms with Crippen molar-refractivity contribution >= 4 is 33.3 Å². The molecule has 116 valence electrons. The van der Waals surface area contributed by atoms with Crippen LogP contribution in [0.3, 0.4) is 0 Å². The number of halogens is 1. The number of pyridine rings is 1. The maximum Gasteiger partial charge on any atom is 0.272 e. The number of rotatable bonds is 2. The van der Waals surface area contributed by atoms with Crippen molar-refractivity contribution in [3.05, 3.63) is 33.7 Å². The molecule has 1 aliphatic rings. The zero-order valence-corrected chi connectivity index (χ0v) is 14.3. The summed E-state index contributed by atoms with van der Waals surface area (Å²) in [5, 5.41) is 0. The molecule has 1 aliphatic heterocycles. The lowest BCUT2D eigenvalue weighted by Crippen LogP contribution is -2.39. The van der Waals surface area contributed by atoms with Crippen LogP contribution in [0, 0.1) is 6.92 Å². The van der Waals surface area contributed by atoms with Gasteiger partial charge in [0.15, 0.2) is 0 Å². The van der Waals surface area contributed by atoms with E-state index in [2.05, 4.69) is 20.9 Å². The molecule has 3 heterocycles. The summed E-state index contributed by atoms with van der Waals surface area (Å²) in [6, 6.07) is 2.00. The molecular formula is C16H18BrN3O2. The number of Topliss-reactive ketones (excluding diaryl/α,β-unsaturated/α-hetero) is 1. The Labute approximate surface area is 137 Å². The summed E-state index contributed by atoms with van der Waals surface area (Å²) in [5.41, 5.74) is 3.27. The molecule has 1 amide bonds. The van der Waals surface area contributed by atoms with Gasteiger partial charge in [0.2, 0.25) is 0 Å². The van der Waals surface area contributed by atoms with Crippen molar-refractivity contribution in [1.29, 1.82) is 0 Å². The number of likely N-dealkylation sites (tertiary alicyclic amines) is 1. The molecule has 0 atom stereocenters. The topological polar surface area (TPSA) is 54.7 Å². The van der Waals surface area contributed by atoms with Crippen LogP contribution in [0.25, 0.3) is 5.65 Å². The molecule has 1 fully saturated rings. The Kier molecular flexibility index (Phi) is 4.04. The minimum Gasteiger partial charge on any atom is -0.336 e. The minimum atomic E-state index is -0.0330. The maximum absolute atomic E-state index is 12.9. The number of imidazole rings is 1. The predicted octanol–water partition coefficient (Wildman–Crippen LogP) is 2.77. The average molecular weight is 364 g/mol. The summed E-state index contributed by atoms with van der Waals surface area (Å²) in [7, 11) is 0. The number of hydrogen-bond acceptors (Lipinski definition) is 3. The first kappa shape index (κ1) is 15.2. The second-order valence-electron chi connectivity index (χ2n) is 5.63. The van der Waals surface area contributed by atoms with Gasteiger partial charge >= 0.3 is 0 Å². The van der Waals surface area contributed by atoms with Crippen molar-refractivity contribution in [3.63, 3.8) is 0 Å². The monoisotopic (exact) mass is 363 g/mol. The number of amides is 1. The van der Waals surface area contributed by atoms with Crippen molar-refractivity contribution in [1.82, 2.24) is 14.3 Å². The van der Waals surface area contributed by atoms with Crippen LogP contribution >= 0.6 is 15.9 Å². The van der Waals surface area contributed by atoms with Gasteiger partial charge in [0, 0.05) is 36.6 Å². The molecule has 3 rings (SSSR count). The lowest BCUT2D eigenvalue weighted by molar-refractivity contribution is -0.120. The largest absolute Gasteiger partial charge is 0.336 e. The van der Waals surface area contributed by atoms with Crippen molar-refractivity contribution in [2.45, 2.75) is 33.1 Å². The van der Waals surface area contributed by atoms with E-state index in [4.69, 9.17) is 0 Å². The summed E-state index contributed by atoms with van der Waals surface area (Å²) in [4.78, 5) is 30.7. The molecule has 22 heavy (non-hydrogen) atoms. The van der Waals surface area contributed by atoms with Crippen LogP contribution in [-0.2, 0) is 11.2 Å². The Bertz CT molecular complexity index is 756. The molecule has 0 aromatic carbocycles. The first-order chi connectivity index (χ1) is 10.5. The van der Waals surface area contributed by atoms with Gasteiger partial charge in [-0.1, -0.05) is 6.92 Å². The normalized spacial score (nSPS) is 15.6. The maximum atomic E-state index is 12.9. The number of carbonyl (C=O) groups excluding carboxylic acids is 2. The van der Waals surface area contributed by atoms with Gasteiger partial charge in [-0.15, -0.1) is 0 Å². The van der Waals surface area contributed by atoms with Crippen molar-refractivity contribution in [2.75, 3.05) is 13.1 Å². The fraction of sp³-hybridized carbons (Fsp3) is 0.438. The molecular weight excluding hydrogens is 346 g/mol. The van der Waals surface area contributed by atoms with E-state index in [9.17, 15) is 9.59 Å². The molecule has 2 aromatic rings. The number of hydrogen-bond donors (Lipinski definition) is 0. The van der Waals surface area contributed by atoms with E-state index in [0.29, 0.717) is 38.0 Å². The van der Waals surface area contributed by atoms with Crippen LogP contribution in [0.15, 0.2) is 16.7 Å². The van der Waals surface area contributed by atoms with E-state index < -0.39 is 0 Å². The molecule has 5 nitrogen and oxygen atoms in total. The molecule has 0 N–H and O–H groups in total. The van der Waals surface area contributed by atoms with Gasteiger partial charge < -0.3 is 4.90 Å². The fourth-order valence-corrected chi connectivity index (χ4v) is 3.45. The van der Waals surface area contributed by atoms with E-state index in [1.807, 2.05) is 30.5 Å². The average Bonchev–Trinajstić information content (AvgIpc) is 2.86. The molecule has 6 heteroatoms. The summed E-state index contributed by atoms with van der Waals surface area (Å²) >= 11 is 3.48. The highest BCUT2D eigenvalue weighted by Gasteiger charge is 2.27.